The molecule has 0 aliphatic rings. The summed E-state index contributed by atoms with van der Waals surface area (Å²) in [6.07, 6.45) is -2.70. The number of hydrogen-bond acceptors (Lipinski definition) is 2. The molecule has 0 unspecified atom stereocenters. The lowest BCUT2D eigenvalue weighted by Crippen LogP contribution is -2.33. The minimum atomic E-state index is -4.52. The summed E-state index contributed by atoms with van der Waals surface area (Å²) in [5.74, 6) is 0.278. The molecule has 0 N–H and O–H groups in total. The summed E-state index contributed by atoms with van der Waals surface area (Å²) in [7, 11) is 0. The Morgan fingerprint density at radius 1 is 1.39 bits per heavy atom. The molecule has 1 rings (SSSR count). The Morgan fingerprint density at radius 3 is 2.56 bits per heavy atom. The molecule has 0 atom stereocenters. The van der Waals surface area contributed by atoms with E-state index >= 15 is 0 Å². The van der Waals surface area contributed by atoms with E-state index in [0.29, 0.717) is 6.42 Å². The SMILES string of the molecule is CC(C)C/C=N/N(c1cccc(I)c1)C(F)(F)F. The van der Waals surface area contributed by atoms with Gasteiger partial charge in [-0.15, -0.1) is 13.2 Å². The number of hydrazone groups is 1. The highest BCUT2D eigenvalue weighted by Crippen LogP contribution is 2.29. The monoisotopic (exact) mass is 370 g/mol. The maximum Gasteiger partial charge on any atom is 0.505 e. The molecule has 100 valence electrons. The van der Waals surface area contributed by atoms with Crippen molar-refractivity contribution in [3.05, 3.63) is 27.8 Å². The molecule has 0 saturated carbocycles. The second-order valence-corrected chi connectivity index (χ2v) is 5.43. The smallest absolute Gasteiger partial charge is 0.178 e. The maximum atomic E-state index is 12.9. The molecule has 0 amide bonds. The first-order chi connectivity index (χ1) is 8.30. The minimum absolute atomic E-state index is 0.0226. The van der Waals surface area contributed by atoms with Gasteiger partial charge < -0.3 is 0 Å². The summed E-state index contributed by atoms with van der Waals surface area (Å²) in [4.78, 5) is 0. The van der Waals surface area contributed by atoms with Crippen molar-refractivity contribution in [1.82, 2.24) is 0 Å². The van der Waals surface area contributed by atoms with Crippen molar-refractivity contribution in [2.45, 2.75) is 26.6 Å². The Kier molecular flexibility index (Phi) is 5.43. The first-order valence-electron chi connectivity index (χ1n) is 5.45. The second kappa shape index (κ2) is 6.40. The molecule has 0 aliphatic carbocycles. The van der Waals surface area contributed by atoms with E-state index in [9.17, 15) is 13.2 Å². The normalized spacial score (nSPS) is 12.4. The zero-order chi connectivity index (χ0) is 13.8. The molecule has 1 aromatic rings. The van der Waals surface area contributed by atoms with Gasteiger partial charge in [0, 0.05) is 9.78 Å². The number of anilines is 1. The van der Waals surface area contributed by atoms with Gasteiger partial charge >= 0.3 is 6.30 Å². The van der Waals surface area contributed by atoms with Crippen LogP contribution in [-0.4, -0.2) is 12.5 Å². The van der Waals surface area contributed by atoms with Crippen molar-refractivity contribution >= 4 is 34.5 Å². The lowest BCUT2D eigenvalue weighted by atomic mass is 10.2. The highest BCUT2D eigenvalue weighted by molar-refractivity contribution is 14.1. The molecule has 18 heavy (non-hydrogen) atoms. The minimum Gasteiger partial charge on any atom is -0.178 e. The summed E-state index contributed by atoms with van der Waals surface area (Å²) in [6.45, 7) is 3.85. The molecule has 0 aromatic heterocycles. The van der Waals surface area contributed by atoms with Crippen LogP contribution in [0.4, 0.5) is 18.9 Å². The number of benzene rings is 1. The number of nitrogens with zero attached hydrogens (tertiary/aromatic N) is 2. The van der Waals surface area contributed by atoms with E-state index in [1.54, 1.807) is 12.1 Å². The quantitative estimate of drug-likeness (QED) is 0.326. The molecule has 0 fully saturated rings. The van der Waals surface area contributed by atoms with Crippen LogP contribution in [0.15, 0.2) is 29.4 Å². The molecule has 1 aromatic carbocycles. The van der Waals surface area contributed by atoms with E-state index in [1.807, 2.05) is 36.4 Å². The Labute approximate surface area is 118 Å². The van der Waals surface area contributed by atoms with Gasteiger partial charge in [0.1, 0.15) is 0 Å². The Morgan fingerprint density at radius 2 is 2.06 bits per heavy atom. The van der Waals surface area contributed by atoms with Crippen LogP contribution in [0.3, 0.4) is 0 Å². The van der Waals surface area contributed by atoms with Crippen LogP contribution >= 0.6 is 22.6 Å². The summed E-state index contributed by atoms with van der Waals surface area (Å²) in [6, 6.07) is 6.15. The van der Waals surface area contributed by atoms with Gasteiger partial charge in [-0.25, -0.2) is 0 Å². The molecule has 0 radical (unpaired) electrons. The van der Waals surface area contributed by atoms with Crippen LogP contribution in [-0.2, 0) is 0 Å². The van der Waals surface area contributed by atoms with Crippen LogP contribution in [0, 0.1) is 9.49 Å². The third-order valence-corrected chi connectivity index (χ3v) is 2.74. The number of alkyl halides is 3. The third kappa shape index (κ3) is 4.83. The van der Waals surface area contributed by atoms with Crippen LogP contribution in [0.25, 0.3) is 0 Å². The van der Waals surface area contributed by atoms with Gasteiger partial charge in [-0.1, -0.05) is 19.9 Å². The average Bonchev–Trinajstić information content (AvgIpc) is 2.22. The Hall–Kier alpha value is -0.790. The Balaban J connectivity index is 2.96. The van der Waals surface area contributed by atoms with Crippen molar-refractivity contribution < 1.29 is 13.2 Å². The fourth-order valence-electron chi connectivity index (χ4n) is 1.23. The first kappa shape index (κ1) is 15.3. The lowest BCUT2D eigenvalue weighted by Gasteiger charge is -2.21. The standard InChI is InChI=1S/C12H14F3IN2/c1-9(2)6-7-17-18(12(13,14)15)11-5-3-4-10(16)8-11/h3-5,7-9H,6H2,1-2H3/b17-7+. The summed E-state index contributed by atoms with van der Waals surface area (Å²) >= 11 is 1.97. The lowest BCUT2D eigenvalue weighted by molar-refractivity contribution is -0.129. The molecule has 0 saturated heterocycles. The molecule has 0 heterocycles. The fourth-order valence-corrected chi connectivity index (χ4v) is 1.75. The van der Waals surface area contributed by atoms with Gasteiger partial charge in [-0.3, -0.25) is 0 Å². The topological polar surface area (TPSA) is 15.6 Å². The maximum absolute atomic E-state index is 12.9. The van der Waals surface area contributed by atoms with E-state index in [0.717, 1.165) is 3.57 Å². The van der Waals surface area contributed by atoms with Gasteiger partial charge in [0.05, 0.1) is 5.69 Å². The second-order valence-electron chi connectivity index (χ2n) is 4.19. The largest absolute Gasteiger partial charge is 0.505 e. The molecular weight excluding hydrogens is 356 g/mol. The zero-order valence-electron chi connectivity index (χ0n) is 10.1. The van der Waals surface area contributed by atoms with E-state index in [1.165, 1.54) is 18.3 Å². The van der Waals surface area contributed by atoms with Crippen molar-refractivity contribution in [2.24, 2.45) is 11.0 Å². The highest BCUT2D eigenvalue weighted by atomic mass is 127. The van der Waals surface area contributed by atoms with Crippen LogP contribution < -0.4 is 5.01 Å². The number of rotatable bonds is 4. The van der Waals surface area contributed by atoms with Gasteiger partial charge in [0.25, 0.3) is 0 Å². The molecule has 0 bridgehead atoms. The third-order valence-electron chi connectivity index (χ3n) is 2.07. The molecule has 2 nitrogen and oxygen atoms in total. The van der Waals surface area contributed by atoms with Gasteiger partial charge in [-0.2, -0.15) is 10.1 Å². The van der Waals surface area contributed by atoms with Crippen LogP contribution in [0.5, 0.6) is 0 Å². The molecule has 0 spiro atoms. The summed E-state index contributed by atoms with van der Waals surface area (Å²) < 4.78 is 39.3. The van der Waals surface area contributed by atoms with E-state index in [4.69, 9.17) is 0 Å². The predicted octanol–water partition coefficient (Wildman–Crippen LogP) is 4.65. The summed E-state index contributed by atoms with van der Waals surface area (Å²) in [5.41, 5.74) is 0.0226. The number of halogens is 4. The molecule has 6 heteroatoms. The zero-order valence-corrected chi connectivity index (χ0v) is 12.2. The van der Waals surface area contributed by atoms with Gasteiger partial charge in [0.2, 0.25) is 0 Å². The highest BCUT2D eigenvalue weighted by Gasteiger charge is 2.37. The molecule has 0 aliphatic heterocycles. The van der Waals surface area contributed by atoms with Crippen molar-refractivity contribution in [3.63, 3.8) is 0 Å². The van der Waals surface area contributed by atoms with Crippen LogP contribution in [0.2, 0.25) is 0 Å². The van der Waals surface area contributed by atoms with Gasteiger partial charge in [-0.05, 0) is 53.1 Å². The van der Waals surface area contributed by atoms with E-state index in [-0.39, 0.29) is 16.6 Å². The first-order valence-corrected chi connectivity index (χ1v) is 6.53. The van der Waals surface area contributed by atoms with Gasteiger partial charge in [0.15, 0.2) is 0 Å². The average molecular weight is 370 g/mol. The fraction of sp³-hybridized carbons (Fsp3) is 0.417. The van der Waals surface area contributed by atoms with Crippen molar-refractivity contribution in [2.75, 3.05) is 5.01 Å². The van der Waals surface area contributed by atoms with E-state index < -0.39 is 6.30 Å². The van der Waals surface area contributed by atoms with E-state index in [2.05, 4.69) is 5.10 Å². The van der Waals surface area contributed by atoms with Crippen LogP contribution in [0.1, 0.15) is 20.3 Å². The van der Waals surface area contributed by atoms with Crippen molar-refractivity contribution in [1.29, 1.82) is 0 Å². The Bertz CT molecular complexity index is 416. The predicted molar refractivity (Wildman–Crippen MR) is 75.6 cm³/mol. The number of hydrogen-bond donors (Lipinski definition) is 0. The van der Waals surface area contributed by atoms with Crippen molar-refractivity contribution in [3.8, 4) is 0 Å². The summed E-state index contributed by atoms with van der Waals surface area (Å²) in [5, 5.41) is 3.62. The molecular formula is C12H14F3IN2.